The second kappa shape index (κ2) is 12.4. The molecule has 0 unspecified atom stereocenters. The molecule has 0 aromatic rings. The van der Waals surface area contributed by atoms with Crippen LogP contribution in [0.1, 0.15) is 84.5 Å². The minimum Gasteiger partial charge on any atom is -0.285 e. The van der Waals surface area contributed by atoms with Gasteiger partial charge in [0, 0.05) is 0 Å². The van der Waals surface area contributed by atoms with Crippen LogP contribution in [-0.2, 0) is 10.1 Å². The van der Waals surface area contributed by atoms with Crippen LogP contribution in [0.4, 0.5) is 0 Å². The van der Waals surface area contributed by atoms with Gasteiger partial charge in [-0.1, -0.05) is 70.4 Å². The molecular weight excluding hydrogens is 272 g/mol. The van der Waals surface area contributed by atoms with E-state index in [2.05, 4.69) is 13.8 Å². The Labute approximate surface area is 125 Å². The summed E-state index contributed by atoms with van der Waals surface area (Å²) in [5.74, 6) is -0.186. The van der Waals surface area contributed by atoms with Gasteiger partial charge in [0.15, 0.2) is 0 Å². The molecule has 0 aliphatic heterocycles. The third-order valence-corrected chi connectivity index (χ3v) is 4.20. The summed E-state index contributed by atoms with van der Waals surface area (Å²) in [7, 11) is -3.89. The average Bonchev–Trinajstić information content (AvgIpc) is 2.36. The highest BCUT2D eigenvalue weighted by atomic mass is 32.2. The third-order valence-electron chi connectivity index (χ3n) is 3.46. The molecule has 1 N–H and O–H groups in total. The van der Waals surface area contributed by atoms with Crippen LogP contribution in [0.25, 0.3) is 0 Å². The second-order valence-electron chi connectivity index (χ2n) is 5.60. The largest absolute Gasteiger partial charge is 0.285 e. The van der Waals surface area contributed by atoms with E-state index in [1.807, 2.05) is 6.08 Å². The van der Waals surface area contributed by atoms with Crippen LogP contribution in [0.3, 0.4) is 0 Å². The minimum atomic E-state index is -3.89. The summed E-state index contributed by atoms with van der Waals surface area (Å²) in [5, 5.41) is 0. The van der Waals surface area contributed by atoms with Crippen molar-refractivity contribution in [2.45, 2.75) is 84.5 Å². The van der Waals surface area contributed by atoms with Crippen molar-refractivity contribution in [3.05, 3.63) is 11.6 Å². The quantitative estimate of drug-likeness (QED) is 0.291. The highest BCUT2D eigenvalue weighted by Gasteiger charge is 2.09. The van der Waals surface area contributed by atoms with Gasteiger partial charge in [0.2, 0.25) is 0 Å². The zero-order chi connectivity index (χ0) is 15.3. The first-order valence-electron chi connectivity index (χ1n) is 8.12. The first kappa shape index (κ1) is 19.7. The van der Waals surface area contributed by atoms with Crippen molar-refractivity contribution >= 4 is 10.1 Å². The van der Waals surface area contributed by atoms with Gasteiger partial charge in [0.1, 0.15) is 0 Å². The Hall–Kier alpha value is -0.350. The Kier molecular flexibility index (Phi) is 12.2. The van der Waals surface area contributed by atoms with Crippen molar-refractivity contribution in [3.8, 4) is 0 Å². The number of hydrogen-bond acceptors (Lipinski definition) is 2. The fourth-order valence-corrected chi connectivity index (χ4v) is 3.03. The van der Waals surface area contributed by atoms with Crippen LogP contribution in [0.2, 0.25) is 0 Å². The van der Waals surface area contributed by atoms with Gasteiger partial charge < -0.3 is 0 Å². The van der Waals surface area contributed by atoms with Crippen LogP contribution in [0.15, 0.2) is 11.6 Å². The summed E-state index contributed by atoms with van der Waals surface area (Å²) in [6.45, 7) is 4.35. The molecule has 0 saturated heterocycles. The van der Waals surface area contributed by atoms with Crippen molar-refractivity contribution in [1.29, 1.82) is 0 Å². The first-order valence-corrected chi connectivity index (χ1v) is 9.73. The highest BCUT2D eigenvalue weighted by Crippen LogP contribution is 2.14. The number of rotatable bonds is 13. The predicted molar refractivity (Wildman–Crippen MR) is 86.6 cm³/mol. The normalized spacial score (nSPS) is 12.8. The summed E-state index contributed by atoms with van der Waals surface area (Å²) < 4.78 is 31.0. The molecule has 0 aromatic carbocycles. The molecule has 0 fully saturated rings. The summed E-state index contributed by atoms with van der Waals surface area (Å²) >= 11 is 0. The lowest BCUT2D eigenvalue weighted by Gasteiger charge is -2.06. The lowest BCUT2D eigenvalue weighted by atomic mass is 10.0. The molecule has 20 heavy (non-hydrogen) atoms. The molecule has 0 radical (unpaired) electrons. The Morgan fingerprint density at radius 3 is 2.00 bits per heavy atom. The van der Waals surface area contributed by atoms with E-state index in [1.165, 1.54) is 38.5 Å². The Morgan fingerprint density at radius 2 is 1.45 bits per heavy atom. The minimum absolute atomic E-state index is 0.186. The Balaban J connectivity index is 4.08. The predicted octanol–water partition coefficient (Wildman–Crippen LogP) is 5.13. The van der Waals surface area contributed by atoms with Gasteiger partial charge in [0.05, 0.1) is 5.75 Å². The highest BCUT2D eigenvalue weighted by molar-refractivity contribution is 7.85. The van der Waals surface area contributed by atoms with Gasteiger partial charge in [-0.2, -0.15) is 8.42 Å². The molecule has 0 aliphatic carbocycles. The average molecular weight is 304 g/mol. The fraction of sp³-hybridized carbons (Fsp3) is 0.875. The van der Waals surface area contributed by atoms with Crippen molar-refractivity contribution < 1.29 is 13.0 Å². The Bertz CT molecular complexity index is 345. The molecule has 0 atom stereocenters. The summed E-state index contributed by atoms with van der Waals surface area (Å²) in [6.07, 6.45) is 14.4. The molecule has 4 heteroatoms. The van der Waals surface area contributed by atoms with Crippen LogP contribution in [0.5, 0.6) is 0 Å². The zero-order valence-corrected chi connectivity index (χ0v) is 14.1. The number of unbranched alkanes of at least 4 members (excludes halogenated alkanes) is 8. The zero-order valence-electron chi connectivity index (χ0n) is 13.2. The van der Waals surface area contributed by atoms with Crippen LogP contribution in [0, 0.1) is 0 Å². The van der Waals surface area contributed by atoms with E-state index in [4.69, 9.17) is 4.55 Å². The van der Waals surface area contributed by atoms with Gasteiger partial charge in [-0.3, -0.25) is 4.55 Å². The SMILES string of the molecule is CCCCCCC/C=C(\CCCCCC)CS(=O)(=O)O. The first-order chi connectivity index (χ1) is 9.49. The Morgan fingerprint density at radius 1 is 0.900 bits per heavy atom. The van der Waals surface area contributed by atoms with E-state index in [9.17, 15) is 8.42 Å². The number of allylic oxidation sites excluding steroid dienone is 1. The number of hydrogen-bond donors (Lipinski definition) is 1. The van der Waals surface area contributed by atoms with Gasteiger partial charge in [-0.25, -0.2) is 0 Å². The molecule has 0 aromatic heterocycles. The summed E-state index contributed by atoms with van der Waals surface area (Å²) in [5.41, 5.74) is 0.888. The molecule has 0 bridgehead atoms. The molecule has 0 amide bonds. The van der Waals surface area contributed by atoms with E-state index in [1.54, 1.807) is 0 Å². The van der Waals surface area contributed by atoms with Gasteiger partial charge in [-0.15, -0.1) is 0 Å². The third kappa shape index (κ3) is 14.1. The molecule has 0 heterocycles. The molecule has 0 rings (SSSR count). The molecule has 3 nitrogen and oxygen atoms in total. The molecule has 0 spiro atoms. The van der Waals surface area contributed by atoms with Crippen LogP contribution in [-0.4, -0.2) is 18.7 Å². The topological polar surface area (TPSA) is 54.4 Å². The van der Waals surface area contributed by atoms with E-state index >= 15 is 0 Å². The molecule has 120 valence electrons. The van der Waals surface area contributed by atoms with Gasteiger partial charge >= 0.3 is 0 Å². The van der Waals surface area contributed by atoms with Crippen LogP contribution >= 0.6 is 0 Å². The summed E-state index contributed by atoms with van der Waals surface area (Å²) in [4.78, 5) is 0. The van der Waals surface area contributed by atoms with Gasteiger partial charge in [-0.05, 0) is 25.7 Å². The van der Waals surface area contributed by atoms with Crippen molar-refractivity contribution in [1.82, 2.24) is 0 Å². The van der Waals surface area contributed by atoms with Crippen LogP contribution < -0.4 is 0 Å². The van der Waals surface area contributed by atoms with Crippen molar-refractivity contribution in [2.75, 3.05) is 5.75 Å². The fourth-order valence-electron chi connectivity index (χ4n) is 2.30. The smallest absolute Gasteiger partial charge is 0.268 e. The van der Waals surface area contributed by atoms with Gasteiger partial charge in [0.25, 0.3) is 10.1 Å². The van der Waals surface area contributed by atoms with E-state index in [-0.39, 0.29) is 5.75 Å². The van der Waals surface area contributed by atoms with E-state index < -0.39 is 10.1 Å². The molecule has 0 saturated carbocycles. The van der Waals surface area contributed by atoms with Crippen molar-refractivity contribution in [3.63, 3.8) is 0 Å². The molecular formula is C16H32O3S. The maximum absolute atomic E-state index is 11.0. The molecule has 0 aliphatic rings. The lowest BCUT2D eigenvalue weighted by Crippen LogP contribution is -2.07. The van der Waals surface area contributed by atoms with Crippen molar-refractivity contribution in [2.24, 2.45) is 0 Å². The second-order valence-corrected chi connectivity index (χ2v) is 7.05. The van der Waals surface area contributed by atoms with E-state index in [0.717, 1.165) is 37.7 Å². The van der Waals surface area contributed by atoms with E-state index in [0.29, 0.717) is 0 Å². The maximum atomic E-state index is 11.0. The lowest BCUT2D eigenvalue weighted by molar-refractivity contribution is 0.484. The maximum Gasteiger partial charge on any atom is 0.268 e. The monoisotopic (exact) mass is 304 g/mol. The standard InChI is InChI=1S/C16H32O3S/c1-3-5-7-9-10-12-14-16(15-20(17,18)19)13-11-8-6-4-2/h14H,3-13,15H2,1-2H3,(H,17,18,19)/b16-14+. The summed E-state index contributed by atoms with van der Waals surface area (Å²) in [6, 6.07) is 0.